The molecule has 11 heavy (non-hydrogen) atoms. The van der Waals surface area contributed by atoms with Gasteiger partial charge in [0.15, 0.2) is 0 Å². The summed E-state index contributed by atoms with van der Waals surface area (Å²) in [6, 6.07) is 0. The van der Waals surface area contributed by atoms with Crippen molar-refractivity contribution in [2.75, 3.05) is 13.1 Å². The van der Waals surface area contributed by atoms with Gasteiger partial charge in [0.25, 0.3) is 0 Å². The lowest BCUT2D eigenvalue weighted by atomic mass is 9.68. The molecule has 1 saturated carbocycles. The number of hydrogen-bond acceptors (Lipinski definition) is 2. The lowest BCUT2D eigenvalue weighted by Gasteiger charge is -2.43. The summed E-state index contributed by atoms with van der Waals surface area (Å²) < 4.78 is 13.2. The van der Waals surface area contributed by atoms with Crippen molar-refractivity contribution >= 4 is 0 Å². The number of hydrogen-bond donors (Lipinski definition) is 2. The van der Waals surface area contributed by atoms with Gasteiger partial charge in [0, 0.05) is 24.5 Å². The maximum Gasteiger partial charge on any atom is 0.118 e. The summed E-state index contributed by atoms with van der Waals surface area (Å²) in [5.74, 6) is 0.0799. The van der Waals surface area contributed by atoms with Gasteiger partial charge in [-0.25, -0.2) is 4.39 Å². The van der Waals surface area contributed by atoms with Gasteiger partial charge in [0.2, 0.25) is 0 Å². The molecule has 2 fully saturated rings. The zero-order valence-corrected chi connectivity index (χ0v) is 6.65. The molecule has 0 aromatic heterocycles. The minimum Gasteiger partial charge on any atom is -0.325 e. The third-order valence-electron chi connectivity index (χ3n) is 3.16. The molecule has 64 valence electrons. The van der Waals surface area contributed by atoms with Crippen molar-refractivity contribution in [2.45, 2.75) is 31.0 Å². The standard InChI is InChI=1S/C8H15FN2/c9-7-5-11-4-6(7)8(10)2-1-3-8/h6-7,11H,1-5,10H2/t6-,7+/m1/s1. The van der Waals surface area contributed by atoms with Crippen molar-refractivity contribution < 1.29 is 4.39 Å². The summed E-state index contributed by atoms with van der Waals surface area (Å²) in [7, 11) is 0. The topological polar surface area (TPSA) is 38.0 Å². The molecule has 1 heterocycles. The Morgan fingerprint density at radius 3 is 2.45 bits per heavy atom. The van der Waals surface area contributed by atoms with Crippen LogP contribution < -0.4 is 11.1 Å². The first-order valence-electron chi connectivity index (χ1n) is 4.36. The molecule has 0 aromatic rings. The van der Waals surface area contributed by atoms with E-state index in [1.165, 1.54) is 6.42 Å². The normalized spacial score (nSPS) is 42.0. The van der Waals surface area contributed by atoms with E-state index in [1.807, 2.05) is 0 Å². The predicted molar refractivity (Wildman–Crippen MR) is 42.0 cm³/mol. The van der Waals surface area contributed by atoms with Crippen LogP contribution in [0.15, 0.2) is 0 Å². The molecule has 3 heteroatoms. The highest BCUT2D eigenvalue weighted by Crippen LogP contribution is 2.39. The van der Waals surface area contributed by atoms with E-state index >= 15 is 0 Å². The second kappa shape index (κ2) is 2.42. The highest BCUT2D eigenvalue weighted by Gasteiger charge is 2.46. The summed E-state index contributed by atoms with van der Waals surface area (Å²) in [5.41, 5.74) is 5.85. The van der Waals surface area contributed by atoms with Crippen molar-refractivity contribution in [3.05, 3.63) is 0 Å². The lowest BCUT2D eigenvalue weighted by molar-refractivity contribution is 0.109. The van der Waals surface area contributed by atoms with Crippen LogP contribution in [0.25, 0.3) is 0 Å². The van der Waals surface area contributed by atoms with Gasteiger partial charge in [-0.2, -0.15) is 0 Å². The molecule has 1 saturated heterocycles. The summed E-state index contributed by atoms with van der Waals surface area (Å²) in [4.78, 5) is 0. The van der Waals surface area contributed by atoms with E-state index in [4.69, 9.17) is 5.73 Å². The average molecular weight is 158 g/mol. The molecule has 0 unspecified atom stereocenters. The van der Waals surface area contributed by atoms with Crippen molar-refractivity contribution in [2.24, 2.45) is 11.7 Å². The van der Waals surface area contributed by atoms with E-state index < -0.39 is 6.17 Å². The molecule has 0 amide bonds. The van der Waals surface area contributed by atoms with E-state index in [1.54, 1.807) is 0 Å². The molecular weight excluding hydrogens is 143 g/mol. The molecule has 0 radical (unpaired) electrons. The van der Waals surface area contributed by atoms with Crippen LogP contribution in [0.1, 0.15) is 19.3 Å². The number of halogens is 1. The highest BCUT2D eigenvalue weighted by atomic mass is 19.1. The Balaban J connectivity index is 2.02. The van der Waals surface area contributed by atoms with E-state index in [2.05, 4.69) is 5.32 Å². The summed E-state index contributed by atoms with van der Waals surface area (Å²) in [6.45, 7) is 1.28. The minimum atomic E-state index is -0.708. The van der Waals surface area contributed by atoms with Crippen molar-refractivity contribution in [3.8, 4) is 0 Å². The molecule has 2 rings (SSSR count). The molecule has 0 aromatic carbocycles. The number of rotatable bonds is 1. The van der Waals surface area contributed by atoms with Crippen molar-refractivity contribution in [1.82, 2.24) is 5.32 Å². The predicted octanol–water partition coefficient (Wildman–Crippen LogP) is 0.425. The van der Waals surface area contributed by atoms with Crippen LogP contribution in [0.4, 0.5) is 4.39 Å². The Bertz CT molecular complexity index is 156. The van der Waals surface area contributed by atoms with Crippen LogP contribution in [-0.2, 0) is 0 Å². The van der Waals surface area contributed by atoms with Crippen LogP contribution in [0.5, 0.6) is 0 Å². The maximum atomic E-state index is 13.2. The first kappa shape index (κ1) is 7.50. The highest BCUT2D eigenvalue weighted by molar-refractivity contribution is 5.04. The number of nitrogens with one attached hydrogen (secondary N) is 1. The van der Waals surface area contributed by atoms with Crippen LogP contribution in [0.3, 0.4) is 0 Å². The Kier molecular flexibility index (Phi) is 1.65. The molecule has 1 aliphatic heterocycles. The molecular formula is C8H15FN2. The molecule has 0 spiro atoms. The Hall–Kier alpha value is -0.150. The summed E-state index contributed by atoms with van der Waals surface area (Å²) in [5, 5.41) is 3.04. The summed E-state index contributed by atoms with van der Waals surface area (Å²) in [6.07, 6.45) is 2.50. The van der Waals surface area contributed by atoms with Gasteiger partial charge < -0.3 is 11.1 Å². The maximum absolute atomic E-state index is 13.2. The van der Waals surface area contributed by atoms with Crippen molar-refractivity contribution in [3.63, 3.8) is 0 Å². The van der Waals surface area contributed by atoms with E-state index in [0.29, 0.717) is 6.54 Å². The molecule has 2 aliphatic rings. The minimum absolute atomic E-state index is 0.0799. The first-order chi connectivity index (χ1) is 5.22. The Morgan fingerprint density at radius 1 is 1.36 bits per heavy atom. The molecule has 0 bridgehead atoms. The zero-order chi connectivity index (χ0) is 7.90. The van der Waals surface area contributed by atoms with E-state index in [-0.39, 0.29) is 11.5 Å². The monoisotopic (exact) mass is 158 g/mol. The van der Waals surface area contributed by atoms with Gasteiger partial charge >= 0.3 is 0 Å². The van der Waals surface area contributed by atoms with Crippen molar-refractivity contribution in [1.29, 1.82) is 0 Å². The van der Waals surface area contributed by atoms with Gasteiger partial charge in [0.1, 0.15) is 6.17 Å². The molecule has 3 N–H and O–H groups in total. The fraction of sp³-hybridized carbons (Fsp3) is 1.00. The molecule has 2 atom stereocenters. The van der Waals surface area contributed by atoms with Gasteiger partial charge in [-0.3, -0.25) is 0 Å². The Labute approximate surface area is 66.3 Å². The van der Waals surface area contributed by atoms with Crippen LogP contribution in [0, 0.1) is 5.92 Å². The smallest absolute Gasteiger partial charge is 0.118 e. The fourth-order valence-electron chi connectivity index (χ4n) is 2.17. The van der Waals surface area contributed by atoms with Crippen LogP contribution >= 0.6 is 0 Å². The second-order valence-electron chi connectivity index (χ2n) is 3.87. The third-order valence-corrected chi connectivity index (χ3v) is 3.16. The van der Waals surface area contributed by atoms with Gasteiger partial charge in [-0.05, 0) is 19.3 Å². The first-order valence-corrected chi connectivity index (χ1v) is 4.36. The third kappa shape index (κ3) is 1.07. The van der Waals surface area contributed by atoms with Crippen LogP contribution in [-0.4, -0.2) is 24.8 Å². The van der Waals surface area contributed by atoms with E-state index in [0.717, 1.165) is 19.4 Å². The largest absolute Gasteiger partial charge is 0.325 e. The van der Waals surface area contributed by atoms with E-state index in [9.17, 15) is 4.39 Å². The average Bonchev–Trinajstić information content (AvgIpc) is 2.30. The van der Waals surface area contributed by atoms with Gasteiger partial charge in [-0.15, -0.1) is 0 Å². The second-order valence-corrected chi connectivity index (χ2v) is 3.87. The SMILES string of the molecule is NC1([C@@H]2CNC[C@@H]2F)CCC1. The van der Waals surface area contributed by atoms with Gasteiger partial charge in [0.05, 0.1) is 0 Å². The lowest BCUT2D eigenvalue weighted by Crippen LogP contribution is -2.55. The van der Waals surface area contributed by atoms with Crippen LogP contribution in [0.2, 0.25) is 0 Å². The van der Waals surface area contributed by atoms with Gasteiger partial charge in [-0.1, -0.05) is 0 Å². The zero-order valence-electron chi connectivity index (χ0n) is 6.65. The quantitative estimate of drug-likeness (QED) is 0.580. The molecule has 1 aliphatic carbocycles. The number of nitrogens with two attached hydrogens (primary N) is 1. The number of alkyl halides is 1. The molecule has 2 nitrogen and oxygen atoms in total. The summed E-state index contributed by atoms with van der Waals surface area (Å²) >= 11 is 0. The Morgan fingerprint density at radius 2 is 2.09 bits per heavy atom. The fourth-order valence-corrected chi connectivity index (χ4v) is 2.17.